The molecule has 1 aromatic carbocycles. The number of carboxylic acid groups (broad SMARTS) is 3. The quantitative estimate of drug-likeness (QED) is 0.0424. The molecule has 7 amide bonds. The number of phenols is 1. The predicted octanol–water partition coefficient (Wildman–Crippen LogP) is -2.92. The molecule has 0 aromatic heterocycles. The van der Waals surface area contributed by atoms with Gasteiger partial charge in [0, 0.05) is 32.1 Å². The molecule has 0 bridgehead atoms. The number of hydrogen-bond donors (Lipinski definition) is 12. The zero-order valence-corrected chi connectivity index (χ0v) is 31.5. The van der Waals surface area contributed by atoms with E-state index in [2.05, 4.69) is 26.6 Å². The fourth-order valence-electron chi connectivity index (χ4n) is 5.20. The molecule has 0 aliphatic rings. The lowest BCUT2D eigenvalue weighted by Crippen LogP contribution is -2.59. The van der Waals surface area contributed by atoms with Gasteiger partial charge in [-0.05, 0) is 55.7 Å². The van der Waals surface area contributed by atoms with Gasteiger partial charge in [-0.1, -0.05) is 26.0 Å². The number of carbonyl (C=O) groups is 10. The molecule has 57 heavy (non-hydrogen) atoms. The van der Waals surface area contributed by atoms with Crippen LogP contribution in [0.4, 0.5) is 0 Å². The summed E-state index contributed by atoms with van der Waals surface area (Å²) >= 11 is 0. The number of carboxylic acids is 3. The maximum absolute atomic E-state index is 13.8. The second-order valence-corrected chi connectivity index (χ2v) is 13.6. The SMILES string of the molecule is CC(C)C[C@H](NC(=O)[C@H](Cc1ccc(O)cc1)NC(=O)[C@H](CCC(N)=O)NC(=O)[C@H](CCC(N)=O)NC(=O)[C@H](CCC(=O)O)NC(=O)[C@@H](N)CCC(=O)O)C(=O)O. The Balaban J connectivity index is 3.44. The average Bonchev–Trinajstić information content (AvgIpc) is 3.11. The van der Waals surface area contributed by atoms with Crippen molar-refractivity contribution in [3.63, 3.8) is 0 Å². The number of primary amides is 2. The average molecular weight is 809 g/mol. The molecule has 0 radical (unpaired) electrons. The van der Waals surface area contributed by atoms with Gasteiger partial charge in [0.25, 0.3) is 0 Å². The maximum atomic E-state index is 13.8. The van der Waals surface area contributed by atoms with Gasteiger partial charge in [0.2, 0.25) is 41.4 Å². The van der Waals surface area contributed by atoms with Crippen molar-refractivity contribution in [1.82, 2.24) is 26.6 Å². The summed E-state index contributed by atoms with van der Waals surface area (Å²) in [5.74, 6) is -11.3. The molecule has 1 aromatic rings. The van der Waals surface area contributed by atoms with E-state index in [-0.39, 0.29) is 30.9 Å². The molecule has 0 saturated heterocycles. The van der Waals surface area contributed by atoms with Crippen LogP contribution in [-0.4, -0.2) is 116 Å². The van der Waals surface area contributed by atoms with Crippen molar-refractivity contribution in [2.45, 2.75) is 114 Å². The van der Waals surface area contributed by atoms with E-state index < -0.39 is 140 Å². The highest BCUT2D eigenvalue weighted by molar-refractivity contribution is 5.97. The van der Waals surface area contributed by atoms with Gasteiger partial charge in [0.1, 0.15) is 36.0 Å². The molecule has 0 aliphatic heterocycles. The summed E-state index contributed by atoms with van der Waals surface area (Å²) < 4.78 is 0. The van der Waals surface area contributed by atoms with Crippen molar-refractivity contribution in [2.24, 2.45) is 23.1 Å². The standard InChI is InChI=1S/C35H52N8O14/c1-17(2)15-25(35(56)57)43-34(55)24(16-18-3-5-19(44)6-4-18)42-33(54)22(9-12-27(38)46)41-31(52)21(8-11-26(37)45)40-32(53)23(10-14-29(49)50)39-30(51)20(36)7-13-28(47)48/h3-6,17,20-25,44H,7-16,36H2,1-2H3,(H2,37,45)(H2,38,46)(H,39,51)(H,40,53)(H,41,52)(H,42,54)(H,43,55)(H,47,48)(H,49,50)(H,56,57)/t20-,21-,22-,23-,24-,25-/m0/s1. The third-order valence-electron chi connectivity index (χ3n) is 8.24. The van der Waals surface area contributed by atoms with Crippen molar-refractivity contribution in [2.75, 3.05) is 0 Å². The molecule has 0 spiro atoms. The monoisotopic (exact) mass is 808 g/mol. The number of phenolic OH excluding ortho intramolecular Hbond substituents is 1. The van der Waals surface area contributed by atoms with Gasteiger partial charge in [-0.15, -0.1) is 0 Å². The third-order valence-corrected chi connectivity index (χ3v) is 8.24. The van der Waals surface area contributed by atoms with Crippen LogP contribution in [-0.2, 0) is 54.4 Å². The lowest BCUT2D eigenvalue weighted by molar-refractivity contribution is -0.143. The number of hydrogen-bond acceptors (Lipinski definition) is 12. The molecule has 6 atom stereocenters. The Kier molecular flexibility index (Phi) is 20.7. The molecule has 1 rings (SSSR count). The van der Waals surface area contributed by atoms with E-state index >= 15 is 0 Å². The Labute approximate surface area is 327 Å². The van der Waals surface area contributed by atoms with Gasteiger partial charge in [-0.2, -0.15) is 0 Å². The molecule has 316 valence electrons. The van der Waals surface area contributed by atoms with Crippen LogP contribution in [0.1, 0.15) is 77.2 Å². The lowest BCUT2D eigenvalue weighted by Gasteiger charge is -2.27. The first kappa shape index (κ1) is 48.7. The highest BCUT2D eigenvalue weighted by Gasteiger charge is 2.33. The topological polar surface area (TPSA) is 390 Å². The number of amides is 7. The summed E-state index contributed by atoms with van der Waals surface area (Å²) in [6, 6.07) is -3.68. The number of aromatic hydroxyl groups is 1. The Bertz CT molecular complexity index is 1620. The molecule has 0 heterocycles. The van der Waals surface area contributed by atoms with Crippen LogP contribution in [0.25, 0.3) is 0 Å². The number of rotatable bonds is 27. The summed E-state index contributed by atoms with van der Waals surface area (Å²) in [7, 11) is 0. The zero-order valence-electron chi connectivity index (χ0n) is 31.5. The second kappa shape index (κ2) is 24.2. The number of carbonyl (C=O) groups excluding carboxylic acids is 7. The summed E-state index contributed by atoms with van der Waals surface area (Å²) in [5, 5.41) is 49.2. The van der Waals surface area contributed by atoms with Gasteiger partial charge in [0.05, 0.1) is 6.04 Å². The zero-order chi connectivity index (χ0) is 43.4. The Morgan fingerprint density at radius 1 is 0.544 bits per heavy atom. The maximum Gasteiger partial charge on any atom is 0.326 e. The van der Waals surface area contributed by atoms with E-state index in [9.17, 15) is 63.3 Å². The van der Waals surface area contributed by atoms with Crippen LogP contribution >= 0.6 is 0 Å². The van der Waals surface area contributed by atoms with Gasteiger partial charge in [-0.25, -0.2) is 4.79 Å². The highest BCUT2D eigenvalue weighted by atomic mass is 16.4. The van der Waals surface area contributed by atoms with Gasteiger partial charge < -0.3 is 64.2 Å². The minimum atomic E-state index is -1.68. The molecule has 15 N–H and O–H groups in total. The molecule has 0 saturated carbocycles. The van der Waals surface area contributed by atoms with Gasteiger partial charge in [-0.3, -0.25) is 43.2 Å². The van der Waals surface area contributed by atoms with Crippen LogP contribution in [0.3, 0.4) is 0 Å². The third kappa shape index (κ3) is 19.7. The first-order valence-electron chi connectivity index (χ1n) is 17.9. The Morgan fingerprint density at radius 3 is 1.32 bits per heavy atom. The smallest absolute Gasteiger partial charge is 0.326 e. The number of nitrogens with one attached hydrogen (secondary N) is 5. The Morgan fingerprint density at radius 2 is 0.912 bits per heavy atom. The van der Waals surface area contributed by atoms with E-state index in [1.165, 1.54) is 24.3 Å². The predicted molar refractivity (Wildman–Crippen MR) is 197 cm³/mol. The summed E-state index contributed by atoms with van der Waals surface area (Å²) in [6.45, 7) is 3.46. The van der Waals surface area contributed by atoms with E-state index in [1.54, 1.807) is 13.8 Å². The minimum Gasteiger partial charge on any atom is -0.508 e. The number of nitrogens with two attached hydrogens (primary N) is 3. The van der Waals surface area contributed by atoms with Crippen LogP contribution in [0.2, 0.25) is 0 Å². The molecule has 22 heteroatoms. The number of benzene rings is 1. The summed E-state index contributed by atoms with van der Waals surface area (Å²) in [4.78, 5) is 125. The van der Waals surface area contributed by atoms with Crippen molar-refractivity contribution in [3.05, 3.63) is 29.8 Å². The second-order valence-electron chi connectivity index (χ2n) is 13.6. The fraction of sp³-hybridized carbons (Fsp3) is 0.543. The molecule has 0 fully saturated rings. The van der Waals surface area contributed by atoms with E-state index in [0.717, 1.165) is 0 Å². The normalized spacial score (nSPS) is 14.0. The number of aliphatic carboxylic acids is 3. The van der Waals surface area contributed by atoms with Crippen molar-refractivity contribution in [3.8, 4) is 5.75 Å². The first-order valence-corrected chi connectivity index (χ1v) is 17.9. The van der Waals surface area contributed by atoms with Crippen molar-refractivity contribution in [1.29, 1.82) is 0 Å². The molecular weight excluding hydrogens is 756 g/mol. The van der Waals surface area contributed by atoms with E-state index in [4.69, 9.17) is 22.3 Å². The van der Waals surface area contributed by atoms with E-state index in [0.29, 0.717) is 5.56 Å². The molecule has 0 unspecified atom stereocenters. The largest absolute Gasteiger partial charge is 0.508 e. The molecule has 0 aliphatic carbocycles. The van der Waals surface area contributed by atoms with Crippen LogP contribution in [0.15, 0.2) is 24.3 Å². The van der Waals surface area contributed by atoms with Crippen molar-refractivity contribution >= 4 is 59.3 Å². The van der Waals surface area contributed by atoms with Gasteiger partial charge >= 0.3 is 17.9 Å². The highest BCUT2D eigenvalue weighted by Crippen LogP contribution is 2.13. The Hall–Kier alpha value is -6.32. The lowest BCUT2D eigenvalue weighted by atomic mass is 10.0. The molecular formula is C35H52N8O14. The minimum absolute atomic E-state index is 0.0367. The van der Waals surface area contributed by atoms with Crippen molar-refractivity contribution < 1.29 is 68.4 Å². The van der Waals surface area contributed by atoms with Crippen LogP contribution < -0.4 is 43.8 Å². The summed E-state index contributed by atoms with van der Waals surface area (Å²) in [6.07, 6.45) is -4.10. The fourth-order valence-corrected chi connectivity index (χ4v) is 5.20. The first-order chi connectivity index (χ1) is 26.6. The van der Waals surface area contributed by atoms with Crippen LogP contribution in [0, 0.1) is 5.92 Å². The van der Waals surface area contributed by atoms with Crippen LogP contribution in [0.5, 0.6) is 5.75 Å². The summed E-state index contributed by atoms with van der Waals surface area (Å²) in [5.41, 5.74) is 16.7. The van der Waals surface area contributed by atoms with Gasteiger partial charge in [0.15, 0.2) is 0 Å². The molecule has 22 nitrogen and oxygen atoms in total. The van der Waals surface area contributed by atoms with E-state index in [1.807, 2.05) is 0 Å².